The van der Waals surface area contributed by atoms with Crippen molar-refractivity contribution in [2.75, 3.05) is 20.2 Å². The van der Waals surface area contributed by atoms with Crippen molar-refractivity contribution in [2.24, 2.45) is 0 Å². The summed E-state index contributed by atoms with van der Waals surface area (Å²) in [7, 11) is 2.04. The van der Waals surface area contributed by atoms with Crippen molar-refractivity contribution in [2.45, 2.75) is 19.8 Å². The van der Waals surface area contributed by atoms with Crippen LogP contribution < -0.4 is 4.74 Å². The predicted octanol–water partition coefficient (Wildman–Crippen LogP) is 2.56. The van der Waals surface area contributed by atoms with Crippen LogP contribution in [0.25, 0.3) is 5.57 Å². The highest BCUT2D eigenvalue weighted by atomic mass is 32.1. The van der Waals surface area contributed by atoms with Crippen molar-refractivity contribution < 1.29 is 4.74 Å². The third-order valence-corrected chi connectivity index (χ3v) is 3.07. The van der Waals surface area contributed by atoms with E-state index >= 15 is 0 Å². The fourth-order valence-corrected chi connectivity index (χ4v) is 2.15. The Bertz CT molecular complexity index is 425. The molecule has 0 radical (unpaired) electrons. The van der Waals surface area contributed by atoms with E-state index in [1.165, 1.54) is 11.7 Å². The third-order valence-electron chi connectivity index (χ3n) is 2.56. The van der Waals surface area contributed by atoms with Crippen molar-refractivity contribution >= 4 is 17.3 Å². The minimum absolute atomic E-state index is 0.679. The Hall–Kier alpha value is -1.36. The Kier molecular flexibility index (Phi) is 4.14. The van der Waals surface area contributed by atoms with Crippen LogP contribution >= 0.6 is 11.7 Å². The Morgan fingerprint density at radius 1 is 1.47 bits per heavy atom. The first-order chi connectivity index (χ1) is 8.31. The Morgan fingerprint density at radius 2 is 2.35 bits per heavy atom. The number of hydrogen-bond acceptors (Lipinski definition) is 5. The summed E-state index contributed by atoms with van der Waals surface area (Å²) in [4.78, 5) is 2.12. The average molecular weight is 251 g/mol. The van der Waals surface area contributed by atoms with E-state index in [1.54, 1.807) is 0 Å². The summed E-state index contributed by atoms with van der Waals surface area (Å²) < 4.78 is 14.2. The van der Waals surface area contributed by atoms with Crippen LogP contribution in [0.5, 0.6) is 5.88 Å². The summed E-state index contributed by atoms with van der Waals surface area (Å²) in [5.74, 6) is 0.679. The quantitative estimate of drug-likeness (QED) is 0.754. The molecule has 2 heterocycles. The summed E-state index contributed by atoms with van der Waals surface area (Å²) >= 11 is 1.21. The van der Waals surface area contributed by atoms with Gasteiger partial charge in [-0.1, -0.05) is 19.4 Å². The van der Waals surface area contributed by atoms with Gasteiger partial charge in [0.05, 0.1) is 18.3 Å². The number of likely N-dealkylation sites (N-methyl/N-ethyl adjacent to an activating group) is 1. The molecule has 0 amide bonds. The molecule has 0 spiro atoms. The van der Waals surface area contributed by atoms with Gasteiger partial charge in [0.15, 0.2) is 0 Å². The van der Waals surface area contributed by atoms with Crippen molar-refractivity contribution in [1.29, 1.82) is 0 Å². The summed E-state index contributed by atoms with van der Waals surface area (Å²) in [6.07, 6.45) is 8.31. The van der Waals surface area contributed by atoms with Gasteiger partial charge in [-0.3, -0.25) is 0 Å². The standard InChI is InChI=1S/C12H17N3OS/c1-3-4-8-16-12-11(13-17-14-12)10-6-5-7-15(2)9-10/h5-7H,3-4,8-9H2,1-2H3. The highest BCUT2D eigenvalue weighted by Gasteiger charge is 2.16. The fourth-order valence-electron chi connectivity index (χ4n) is 1.62. The maximum absolute atomic E-state index is 5.66. The topological polar surface area (TPSA) is 38.3 Å². The van der Waals surface area contributed by atoms with Crippen LogP contribution in [0.4, 0.5) is 0 Å². The lowest BCUT2D eigenvalue weighted by atomic mass is 10.1. The van der Waals surface area contributed by atoms with Crippen LogP contribution in [0.15, 0.2) is 18.4 Å². The summed E-state index contributed by atoms with van der Waals surface area (Å²) in [6, 6.07) is 0. The van der Waals surface area contributed by atoms with E-state index in [1.807, 2.05) is 19.3 Å². The van der Waals surface area contributed by atoms with Crippen LogP contribution in [-0.4, -0.2) is 33.8 Å². The van der Waals surface area contributed by atoms with E-state index in [-0.39, 0.29) is 0 Å². The van der Waals surface area contributed by atoms with E-state index in [0.29, 0.717) is 12.5 Å². The minimum Gasteiger partial charge on any atom is -0.475 e. The summed E-state index contributed by atoms with van der Waals surface area (Å²) in [5.41, 5.74) is 2.05. The van der Waals surface area contributed by atoms with Gasteiger partial charge in [-0.2, -0.15) is 4.37 Å². The molecule has 0 unspecified atom stereocenters. The van der Waals surface area contributed by atoms with Crippen LogP contribution in [0.1, 0.15) is 25.5 Å². The Morgan fingerprint density at radius 3 is 3.12 bits per heavy atom. The van der Waals surface area contributed by atoms with Crippen LogP contribution in [0.2, 0.25) is 0 Å². The summed E-state index contributed by atoms with van der Waals surface area (Å²) in [5, 5.41) is 0. The van der Waals surface area contributed by atoms with Gasteiger partial charge >= 0.3 is 0 Å². The molecule has 5 heteroatoms. The lowest BCUT2D eigenvalue weighted by molar-refractivity contribution is 0.299. The first kappa shape index (κ1) is 12.1. The van der Waals surface area contributed by atoms with Gasteiger partial charge in [-0.25, -0.2) is 0 Å². The molecule has 0 aliphatic carbocycles. The third kappa shape index (κ3) is 3.06. The van der Waals surface area contributed by atoms with Crippen molar-refractivity contribution in [1.82, 2.24) is 13.6 Å². The minimum atomic E-state index is 0.679. The fraction of sp³-hybridized carbons (Fsp3) is 0.500. The molecule has 1 aromatic heterocycles. The van der Waals surface area contributed by atoms with Gasteiger partial charge in [-0.05, 0) is 18.7 Å². The predicted molar refractivity (Wildman–Crippen MR) is 70.1 cm³/mol. The number of rotatable bonds is 5. The molecule has 92 valence electrons. The van der Waals surface area contributed by atoms with E-state index in [0.717, 1.165) is 30.7 Å². The van der Waals surface area contributed by atoms with Gasteiger partial charge in [0.25, 0.3) is 5.88 Å². The van der Waals surface area contributed by atoms with E-state index in [9.17, 15) is 0 Å². The van der Waals surface area contributed by atoms with Crippen molar-refractivity contribution in [3.05, 3.63) is 24.0 Å². The van der Waals surface area contributed by atoms with Crippen molar-refractivity contribution in [3.8, 4) is 5.88 Å². The molecule has 4 nitrogen and oxygen atoms in total. The molecule has 0 atom stereocenters. The molecule has 1 aromatic rings. The van der Waals surface area contributed by atoms with E-state index in [2.05, 4.69) is 26.6 Å². The maximum atomic E-state index is 5.66. The van der Waals surface area contributed by atoms with E-state index < -0.39 is 0 Å². The molecule has 1 aliphatic rings. The van der Waals surface area contributed by atoms with Crippen molar-refractivity contribution in [3.63, 3.8) is 0 Å². The number of aromatic nitrogens is 2. The average Bonchev–Trinajstić information content (AvgIpc) is 2.78. The zero-order chi connectivity index (χ0) is 12.1. The lowest BCUT2D eigenvalue weighted by Gasteiger charge is -2.18. The van der Waals surface area contributed by atoms with Crippen LogP contribution in [-0.2, 0) is 0 Å². The van der Waals surface area contributed by atoms with Gasteiger partial charge in [0, 0.05) is 19.2 Å². The number of hydrogen-bond donors (Lipinski definition) is 0. The lowest BCUT2D eigenvalue weighted by Crippen LogP contribution is -2.16. The zero-order valence-corrected chi connectivity index (χ0v) is 11.0. The first-order valence-electron chi connectivity index (χ1n) is 5.84. The first-order valence-corrected chi connectivity index (χ1v) is 6.57. The maximum Gasteiger partial charge on any atom is 0.253 e. The molecule has 0 bridgehead atoms. The molecule has 0 aromatic carbocycles. The SMILES string of the molecule is CCCCOc1nsnc1C1=CC=CN(C)C1. The molecule has 0 N–H and O–H groups in total. The molecule has 0 saturated carbocycles. The summed E-state index contributed by atoms with van der Waals surface area (Å²) in [6.45, 7) is 3.72. The number of ether oxygens (including phenoxy) is 1. The van der Waals surface area contributed by atoms with Crippen LogP contribution in [0.3, 0.4) is 0 Å². The number of allylic oxidation sites excluding steroid dienone is 2. The highest BCUT2D eigenvalue weighted by molar-refractivity contribution is 6.99. The molecule has 2 rings (SSSR count). The highest BCUT2D eigenvalue weighted by Crippen LogP contribution is 2.26. The second kappa shape index (κ2) is 5.82. The monoisotopic (exact) mass is 251 g/mol. The van der Waals surface area contributed by atoms with Gasteiger partial charge < -0.3 is 9.64 Å². The van der Waals surface area contributed by atoms with Gasteiger partial charge in [0.1, 0.15) is 5.69 Å². The Balaban J connectivity index is 2.08. The molecule has 1 aliphatic heterocycles. The normalized spacial score (nSPS) is 14.9. The Labute approximate surface area is 106 Å². The second-order valence-electron chi connectivity index (χ2n) is 4.07. The smallest absolute Gasteiger partial charge is 0.253 e. The van der Waals surface area contributed by atoms with Gasteiger partial charge in [-0.15, -0.1) is 4.37 Å². The molecule has 0 saturated heterocycles. The zero-order valence-electron chi connectivity index (χ0n) is 10.2. The molecule has 17 heavy (non-hydrogen) atoms. The number of unbranched alkanes of at least 4 members (excludes halogenated alkanes) is 1. The molecule has 0 fully saturated rings. The molecular weight excluding hydrogens is 234 g/mol. The second-order valence-corrected chi connectivity index (χ2v) is 4.60. The largest absolute Gasteiger partial charge is 0.475 e. The van der Waals surface area contributed by atoms with Crippen LogP contribution in [0, 0.1) is 0 Å². The number of nitrogens with zero attached hydrogens (tertiary/aromatic N) is 3. The van der Waals surface area contributed by atoms with Gasteiger partial charge in [0.2, 0.25) is 0 Å². The van der Waals surface area contributed by atoms with E-state index in [4.69, 9.17) is 4.74 Å². The molecular formula is C12H17N3OS.